The number of rotatable bonds is 8. The van der Waals surface area contributed by atoms with Crippen molar-refractivity contribution in [1.82, 2.24) is 10.2 Å². The maximum absolute atomic E-state index is 12.6. The summed E-state index contributed by atoms with van der Waals surface area (Å²) in [5.41, 5.74) is 1.33. The summed E-state index contributed by atoms with van der Waals surface area (Å²) in [7, 11) is 1.68. The van der Waals surface area contributed by atoms with Crippen molar-refractivity contribution in [3.05, 3.63) is 24.3 Å². The highest BCUT2D eigenvalue weighted by Gasteiger charge is 2.53. The van der Waals surface area contributed by atoms with Gasteiger partial charge in [0.25, 0.3) is 0 Å². The number of hydrogen-bond acceptors (Lipinski definition) is 5. The zero-order chi connectivity index (χ0) is 23.7. The van der Waals surface area contributed by atoms with E-state index >= 15 is 0 Å². The van der Waals surface area contributed by atoms with E-state index in [2.05, 4.69) is 17.1 Å². The van der Waals surface area contributed by atoms with Gasteiger partial charge in [0.15, 0.2) is 0 Å². The Kier molecular flexibility index (Phi) is 6.74. The standard InChI is InChI=1S/C27H39N3O4/c1-19(27-14-20-11-21(15-27)13-22(12-20)16-27)28-25(31)17-34-18-26(32)30-9-7-29(8-10-30)23-5-3-4-6-24(23)33-2/h3-6,19-22H,7-18H2,1-2H3,(H,28,31). The van der Waals surface area contributed by atoms with Crippen LogP contribution in [0.25, 0.3) is 0 Å². The molecule has 34 heavy (non-hydrogen) atoms. The first-order chi connectivity index (χ1) is 16.5. The molecular formula is C27H39N3O4. The van der Waals surface area contributed by atoms with E-state index in [9.17, 15) is 9.59 Å². The minimum atomic E-state index is -0.1000. The number of hydrogen-bond donors (Lipinski definition) is 1. The summed E-state index contributed by atoms with van der Waals surface area (Å²) in [5.74, 6) is 3.28. The van der Waals surface area contributed by atoms with E-state index < -0.39 is 0 Å². The highest BCUT2D eigenvalue weighted by Crippen LogP contribution is 2.61. The van der Waals surface area contributed by atoms with Crippen molar-refractivity contribution >= 4 is 17.5 Å². The van der Waals surface area contributed by atoms with Crippen molar-refractivity contribution in [2.24, 2.45) is 23.2 Å². The number of benzene rings is 1. The van der Waals surface area contributed by atoms with Gasteiger partial charge in [0, 0.05) is 32.2 Å². The van der Waals surface area contributed by atoms with Crippen molar-refractivity contribution in [1.29, 1.82) is 0 Å². The number of carbonyl (C=O) groups is 2. The van der Waals surface area contributed by atoms with Crippen LogP contribution in [0.5, 0.6) is 5.75 Å². The van der Waals surface area contributed by atoms with Crippen molar-refractivity contribution in [3.8, 4) is 5.75 Å². The second-order valence-corrected chi connectivity index (χ2v) is 11.1. The summed E-state index contributed by atoms with van der Waals surface area (Å²) < 4.78 is 11.0. The molecule has 1 heterocycles. The lowest BCUT2D eigenvalue weighted by atomic mass is 9.48. The molecule has 5 fully saturated rings. The average molecular weight is 470 g/mol. The second kappa shape index (κ2) is 9.76. The molecule has 4 saturated carbocycles. The molecular weight excluding hydrogens is 430 g/mol. The molecule has 0 spiro atoms. The molecule has 7 heteroatoms. The summed E-state index contributed by atoms with van der Waals surface area (Å²) in [5, 5.41) is 3.22. The van der Waals surface area contributed by atoms with E-state index in [1.165, 1.54) is 38.5 Å². The number of methoxy groups -OCH3 is 1. The van der Waals surface area contributed by atoms with Crippen LogP contribution < -0.4 is 15.0 Å². The van der Waals surface area contributed by atoms with Crippen LogP contribution in [0.3, 0.4) is 0 Å². The first-order valence-corrected chi connectivity index (χ1v) is 13.0. The molecule has 5 aliphatic rings. The van der Waals surface area contributed by atoms with Crippen LogP contribution in [0.4, 0.5) is 5.69 Å². The maximum atomic E-state index is 12.6. The minimum Gasteiger partial charge on any atom is -0.495 e. The molecule has 0 radical (unpaired) electrons. The number of piperazine rings is 1. The quantitative estimate of drug-likeness (QED) is 0.634. The molecule has 4 bridgehead atoms. The highest BCUT2D eigenvalue weighted by atomic mass is 16.5. The normalized spacial score (nSPS) is 30.8. The second-order valence-electron chi connectivity index (χ2n) is 11.1. The molecule has 1 N–H and O–H groups in total. The Balaban J connectivity index is 1.04. The van der Waals surface area contributed by atoms with Gasteiger partial charge in [0.05, 0.1) is 12.8 Å². The Hall–Kier alpha value is -2.28. The number of nitrogens with one attached hydrogen (secondary N) is 1. The number of anilines is 1. The van der Waals surface area contributed by atoms with Crippen molar-refractivity contribution in [3.63, 3.8) is 0 Å². The van der Waals surface area contributed by atoms with Gasteiger partial charge < -0.3 is 24.6 Å². The summed E-state index contributed by atoms with van der Waals surface area (Å²) in [6.45, 7) is 4.84. The number of para-hydroxylation sites is 2. The molecule has 1 atom stereocenters. The lowest BCUT2D eigenvalue weighted by Gasteiger charge is -2.59. The van der Waals surface area contributed by atoms with Crippen LogP contribution in [0, 0.1) is 23.2 Å². The van der Waals surface area contributed by atoms with Gasteiger partial charge in [0.1, 0.15) is 19.0 Å². The third-order valence-corrected chi connectivity index (χ3v) is 8.90. The SMILES string of the molecule is COc1ccccc1N1CCN(C(=O)COCC(=O)NC(C)C23CC4CC(CC(C4)C2)C3)CC1. The lowest BCUT2D eigenvalue weighted by Crippen LogP contribution is -2.56. The molecule has 4 aliphatic carbocycles. The summed E-state index contributed by atoms with van der Waals surface area (Å²) in [6.07, 6.45) is 8.00. The van der Waals surface area contributed by atoms with E-state index in [1.54, 1.807) is 7.11 Å². The molecule has 2 amide bonds. The smallest absolute Gasteiger partial charge is 0.248 e. The van der Waals surface area contributed by atoms with Gasteiger partial charge >= 0.3 is 0 Å². The molecule has 6 rings (SSSR count). The summed E-state index contributed by atoms with van der Waals surface area (Å²) in [6, 6.07) is 8.13. The summed E-state index contributed by atoms with van der Waals surface area (Å²) in [4.78, 5) is 29.3. The maximum Gasteiger partial charge on any atom is 0.248 e. The van der Waals surface area contributed by atoms with Gasteiger partial charge in [-0.2, -0.15) is 0 Å². The predicted octanol–water partition coefficient (Wildman–Crippen LogP) is 3.08. The fraction of sp³-hybridized carbons (Fsp3) is 0.704. The van der Waals surface area contributed by atoms with Gasteiger partial charge in [-0.1, -0.05) is 12.1 Å². The van der Waals surface area contributed by atoms with Crippen LogP contribution in [0.2, 0.25) is 0 Å². The van der Waals surface area contributed by atoms with E-state index in [0.29, 0.717) is 13.1 Å². The fourth-order valence-electron chi connectivity index (χ4n) is 7.55. The third kappa shape index (κ3) is 4.77. The number of amides is 2. The van der Waals surface area contributed by atoms with Crippen molar-refractivity contribution in [2.75, 3.05) is 51.4 Å². The van der Waals surface area contributed by atoms with Crippen LogP contribution in [0.15, 0.2) is 24.3 Å². The minimum absolute atomic E-state index is 0.0478. The van der Waals surface area contributed by atoms with Crippen molar-refractivity contribution in [2.45, 2.75) is 51.5 Å². The molecule has 1 aromatic rings. The average Bonchev–Trinajstić information content (AvgIpc) is 2.83. The molecule has 186 valence electrons. The van der Waals surface area contributed by atoms with Crippen LogP contribution in [0.1, 0.15) is 45.4 Å². The Morgan fingerprint density at radius 1 is 1.00 bits per heavy atom. The van der Waals surface area contributed by atoms with E-state index in [-0.39, 0.29) is 36.5 Å². The first-order valence-electron chi connectivity index (χ1n) is 13.0. The van der Waals surface area contributed by atoms with Gasteiger partial charge in [-0.3, -0.25) is 9.59 Å². The molecule has 1 aliphatic heterocycles. The van der Waals surface area contributed by atoms with E-state index in [0.717, 1.165) is 42.3 Å². The Morgan fingerprint density at radius 2 is 1.62 bits per heavy atom. The Morgan fingerprint density at radius 3 is 2.24 bits per heavy atom. The first kappa shape index (κ1) is 23.5. The number of nitrogens with zero attached hydrogens (tertiary/aromatic N) is 2. The Bertz CT molecular complexity index is 860. The number of carbonyl (C=O) groups excluding carboxylic acids is 2. The van der Waals surface area contributed by atoms with E-state index in [4.69, 9.17) is 9.47 Å². The Labute approximate surface area is 203 Å². The monoisotopic (exact) mass is 469 g/mol. The number of ether oxygens (including phenoxy) is 2. The molecule has 0 aromatic heterocycles. The van der Waals surface area contributed by atoms with Crippen LogP contribution in [-0.4, -0.2) is 69.3 Å². The predicted molar refractivity (Wildman–Crippen MR) is 131 cm³/mol. The van der Waals surface area contributed by atoms with Gasteiger partial charge in [-0.25, -0.2) is 0 Å². The third-order valence-electron chi connectivity index (χ3n) is 8.90. The summed E-state index contributed by atoms with van der Waals surface area (Å²) >= 11 is 0. The molecule has 1 saturated heterocycles. The zero-order valence-corrected chi connectivity index (χ0v) is 20.6. The fourth-order valence-corrected chi connectivity index (χ4v) is 7.55. The highest BCUT2D eigenvalue weighted by molar-refractivity contribution is 5.80. The van der Waals surface area contributed by atoms with Crippen molar-refractivity contribution < 1.29 is 19.1 Å². The topological polar surface area (TPSA) is 71.1 Å². The van der Waals surface area contributed by atoms with Crippen LogP contribution in [-0.2, 0) is 14.3 Å². The zero-order valence-electron chi connectivity index (χ0n) is 20.6. The lowest BCUT2D eigenvalue weighted by molar-refractivity contribution is -0.139. The van der Waals surface area contributed by atoms with Gasteiger partial charge in [-0.15, -0.1) is 0 Å². The van der Waals surface area contributed by atoms with Gasteiger partial charge in [0.2, 0.25) is 11.8 Å². The molecule has 1 aromatic carbocycles. The van der Waals surface area contributed by atoms with E-state index in [1.807, 2.05) is 29.2 Å². The molecule has 1 unspecified atom stereocenters. The molecule has 7 nitrogen and oxygen atoms in total. The van der Waals surface area contributed by atoms with Crippen LogP contribution >= 0.6 is 0 Å². The largest absolute Gasteiger partial charge is 0.495 e. The van der Waals surface area contributed by atoms with Gasteiger partial charge in [-0.05, 0) is 80.8 Å².